The first-order valence-electron chi connectivity index (χ1n) is 7.69. The molecule has 1 rings (SSSR count). The van der Waals surface area contributed by atoms with Gasteiger partial charge in [0.15, 0.2) is 0 Å². The van der Waals surface area contributed by atoms with Gasteiger partial charge in [0.1, 0.15) is 0 Å². The summed E-state index contributed by atoms with van der Waals surface area (Å²) in [7, 11) is 0. The van der Waals surface area contributed by atoms with Crippen LogP contribution in [0.25, 0.3) is 0 Å². The van der Waals surface area contributed by atoms with E-state index in [0.29, 0.717) is 0 Å². The van der Waals surface area contributed by atoms with Crippen LogP contribution in [0.1, 0.15) is 64.4 Å². The van der Waals surface area contributed by atoms with Gasteiger partial charge in [-0.15, -0.1) is 0 Å². The summed E-state index contributed by atoms with van der Waals surface area (Å²) in [4.78, 5) is 0. The van der Waals surface area contributed by atoms with Crippen LogP contribution < -0.4 is 5.32 Å². The average molecular weight is 247 g/mol. The molecule has 1 aromatic rings. The second-order valence-corrected chi connectivity index (χ2v) is 5.14. The molecule has 0 aliphatic rings. The normalized spacial score (nSPS) is 10.6. The van der Waals surface area contributed by atoms with Crippen molar-refractivity contribution in [1.82, 2.24) is 0 Å². The number of anilines is 1. The first-order chi connectivity index (χ1) is 8.86. The van der Waals surface area contributed by atoms with Crippen LogP contribution in [0.5, 0.6) is 0 Å². The number of hydrogen-bond acceptors (Lipinski definition) is 1. The van der Waals surface area contributed by atoms with Crippen molar-refractivity contribution < 1.29 is 0 Å². The fourth-order valence-electron chi connectivity index (χ4n) is 2.22. The van der Waals surface area contributed by atoms with E-state index in [-0.39, 0.29) is 0 Å². The Hall–Kier alpha value is -0.980. The molecule has 1 nitrogen and oxygen atoms in total. The Morgan fingerprint density at radius 3 is 2.11 bits per heavy atom. The lowest BCUT2D eigenvalue weighted by Gasteiger charge is -2.07. The van der Waals surface area contributed by atoms with Crippen LogP contribution in [-0.4, -0.2) is 6.54 Å². The van der Waals surface area contributed by atoms with Gasteiger partial charge in [-0.05, 0) is 30.5 Å². The highest BCUT2D eigenvalue weighted by Gasteiger charge is 1.94. The summed E-state index contributed by atoms with van der Waals surface area (Å²) in [5.74, 6) is 0. The number of benzene rings is 1. The summed E-state index contributed by atoms with van der Waals surface area (Å²) in [5.41, 5.74) is 2.71. The molecular weight excluding hydrogens is 218 g/mol. The quantitative estimate of drug-likeness (QED) is 0.545. The molecule has 0 amide bonds. The third-order valence-electron chi connectivity index (χ3n) is 3.35. The smallest absolute Gasteiger partial charge is 0.0340 e. The molecule has 0 aromatic heterocycles. The van der Waals surface area contributed by atoms with Gasteiger partial charge in [-0.1, -0.05) is 64.5 Å². The topological polar surface area (TPSA) is 12.0 Å². The third kappa shape index (κ3) is 6.68. The van der Waals surface area contributed by atoms with E-state index < -0.39 is 0 Å². The highest BCUT2D eigenvalue weighted by atomic mass is 14.9. The summed E-state index contributed by atoms with van der Waals surface area (Å²) < 4.78 is 0. The van der Waals surface area contributed by atoms with Crippen molar-refractivity contribution in [1.29, 1.82) is 0 Å². The molecule has 0 spiro atoms. The van der Waals surface area contributed by atoms with Gasteiger partial charge >= 0.3 is 0 Å². The van der Waals surface area contributed by atoms with E-state index in [1.54, 1.807) is 0 Å². The van der Waals surface area contributed by atoms with Gasteiger partial charge in [0.2, 0.25) is 0 Å². The predicted octanol–water partition coefficient (Wildman–Crippen LogP) is 5.41. The molecule has 0 unspecified atom stereocenters. The van der Waals surface area contributed by atoms with E-state index in [1.165, 1.54) is 62.6 Å². The van der Waals surface area contributed by atoms with Crippen LogP contribution in [0.2, 0.25) is 0 Å². The average Bonchev–Trinajstić information content (AvgIpc) is 2.40. The summed E-state index contributed by atoms with van der Waals surface area (Å²) in [6.45, 7) is 5.60. The molecule has 18 heavy (non-hydrogen) atoms. The van der Waals surface area contributed by atoms with Crippen LogP contribution in [-0.2, 0) is 6.42 Å². The molecule has 0 radical (unpaired) electrons. The van der Waals surface area contributed by atoms with Gasteiger partial charge in [-0.3, -0.25) is 0 Å². The van der Waals surface area contributed by atoms with E-state index >= 15 is 0 Å². The molecular formula is C17H29N. The zero-order chi connectivity index (χ0) is 13.1. The summed E-state index contributed by atoms with van der Waals surface area (Å²) >= 11 is 0. The molecule has 0 aliphatic carbocycles. The fourth-order valence-corrected chi connectivity index (χ4v) is 2.22. The largest absolute Gasteiger partial charge is 0.385 e. The predicted molar refractivity (Wildman–Crippen MR) is 82.3 cm³/mol. The molecule has 0 bridgehead atoms. The van der Waals surface area contributed by atoms with Crippen molar-refractivity contribution in [2.45, 2.75) is 65.2 Å². The van der Waals surface area contributed by atoms with Crippen LogP contribution in [0.4, 0.5) is 5.69 Å². The van der Waals surface area contributed by atoms with Gasteiger partial charge in [0.05, 0.1) is 0 Å². The van der Waals surface area contributed by atoms with Crippen molar-refractivity contribution >= 4 is 5.69 Å². The van der Waals surface area contributed by atoms with Gasteiger partial charge in [0, 0.05) is 12.2 Å². The van der Waals surface area contributed by atoms with Crippen molar-refractivity contribution in [2.24, 2.45) is 0 Å². The van der Waals surface area contributed by atoms with Crippen LogP contribution >= 0.6 is 0 Å². The maximum atomic E-state index is 3.50. The minimum atomic E-state index is 1.11. The Morgan fingerprint density at radius 2 is 1.44 bits per heavy atom. The molecule has 0 saturated carbocycles. The molecule has 0 heterocycles. The molecule has 0 saturated heterocycles. The van der Waals surface area contributed by atoms with E-state index in [1.807, 2.05) is 0 Å². The molecule has 0 fully saturated rings. The van der Waals surface area contributed by atoms with Crippen molar-refractivity contribution in [3.05, 3.63) is 29.8 Å². The van der Waals surface area contributed by atoms with Crippen molar-refractivity contribution in [3.63, 3.8) is 0 Å². The maximum absolute atomic E-state index is 3.50. The number of rotatable bonds is 10. The number of hydrogen-bond donors (Lipinski definition) is 1. The van der Waals surface area contributed by atoms with E-state index in [0.717, 1.165) is 6.54 Å². The molecule has 102 valence electrons. The minimum Gasteiger partial charge on any atom is -0.385 e. The number of nitrogens with one attached hydrogen (secondary N) is 1. The summed E-state index contributed by atoms with van der Waals surface area (Å²) in [6.07, 6.45) is 10.6. The lowest BCUT2D eigenvalue weighted by molar-refractivity contribution is 0.617. The first kappa shape index (κ1) is 15.1. The van der Waals surface area contributed by atoms with E-state index in [4.69, 9.17) is 0 Å². The zero-order valence-electron chi connectivity index (χ0n) is 12.2. The van der Waals surface area contributed by atoms with Gasteiger partial charge < -0.3 is 5.32 Å². The second-order valence-electron chi connectivity index (χ2n) is 5.14. The fraction of sp³-hybridized carbons (Fsp3) is 0.647. The molecule has 0 aliphatic heterocycles. The van der Waals surface area contributed by atoms with Crippen LogP contribution in [0.3, 0.4) is 0 Å². The lowest BCUT2D eigenvalue weighted by atomic mass is 10.1. The van der Waals surface area contributed by atoms with Gasteiger partial charge in [-0.25, -0.2) is 0 Å². The van der Waals surface area contributed by atoms with Gasteiger partial charge in [-0.2, -0.15) is 0 Å². The maximum Gasteiger partial charge on any atom is 0.0340 e. The summed E-state index contributed by atoms with van der Waals surface area (Å²) in [6, 6.07) is 8.91. The highest BCUT2D eigenvalue weighted by Crippen LogP contribution is 2.11. The number of unbranched alkanes of at least 4 members (excludes halogenated alkanes) is 5. The molecule has 1 N–H and O–H groups in total. The highest BCUT2D eigenvalue weighted by molar-refractivity contribution is 5.44. The lowest BCUT2D eigenvalue weighted by Crippen LogP contribution is -2.01. The minimum absolute atomic E-state index is 1.11. The second kappa shape index (κ2) is 9.99. The number of aryl methyl sites for hydroxylation is 1. The molecule has 0 atom stereocenters. The van der Waals surface area contributed by atoms with Crippen LogP contribution in [0.15, 0.2) is 24.3 Å². The SMILES string of the molecule is CCCCCCCCNc1ccc(CCC)cc1. The monoisotopic (exact) mass is 247 g/mol. The standard InChI is InChI=1S/C17H29N/c1-3-5-6-7-8-9-15-18-17-13-11-16(10-4-2)12-14-17/h11-14,18H,3-10,15H2,1-2H3. The zero-order valence-corrected chi connectivity index (χ0v) is 12.2. The molecule has 1 heteroatoms. The first-order valence-corrected chi connectivity index (χ1v) is 7.69. The van der Waals surface area contributed by atoms with Crippen molar-refractivity contribution in [3.8, 4) is 0 Å². The van der Waals surface area contributed by atoms with E-state index in [2.05, 4.69) is 43.4 Å². The van der Waals surface area contributed by atoms with Gasteiger partial charge in [0.25, 0.3) is 0 Å². The third-order valence-corrected chi connectivity index (χ3v) is 3.35. The summed E-state index contributed by atoms with van der Waals surface area (Å²) in [5, 5.41) is 3.50. The Morgan fingerprint density at radius 1 is 0.778 bits per heavy atom. The Balaban J connectivity index is 2.08. The van der Waals surface area contributed by atoms with Crippen molar-refractivity contribution in [2.75, 3.05) is 11.9 Å². The Kier molecular flexibility index (Phi) is 8.37. The Bertz CT molecular complexity index is 289. The molecule has 1 aromatic carbocycles. The van der Waals surface area contributed by atoms with Crippen LogP contribution in [0, 0.1) is 0 Å². The Labute approximate surface area is 113 Å². The van der Waals surface area contributed by atoms with E-state index in [9.17, 15) is 0 Å².